The Balaban J connectivity index is 1.81. The molecule has 0 unspecified atom stereocenters. The summed E-state index contributed by atoms with van der Waals surface area (Å²) in [7, 11) is 0. The van der Waals surface area contributed by atoms with Crippen molar-refractivity contribution >= 4 is 5.91 Å². The van der Waals surface area contributed by atoms with E-state index in [0.717, 1.165) is 30.4 Å². The van der Waals surface area contributed by atoms with E-state index in [1.165, 1.54) is 0 Å². The fourth-order valence-electron chi connectivity index (χ4n) is 2.09. The molecule has 0 heterocycles. The molecule has 1 aliphatic carbocycles. The zero-order chi connectivity index (χ0) is 12.3. The molecule has 1 aromatic rings. The van der Waals surface area contributed by atoms with Crippen LogP contribution in [0.4, 0.5) is 0 Å². The fourth-order valence-corrected chi connectivity index (χ4v) is 2.09. The maximum absolute atomic E-state index is 11.7. The van der Waals surface area contributed by atoms with Crippen LogP contribution >= 0.6 is 0 Å². The predicted molar refractivity (Wildman–Crippen MR) is 66.7 cm³/mol. The van der Waals surface area contributed by atoms with E-state index in [1.807, 2.05) is 31.2 Å². The molecule has 3 nitrogen and oxygen atoms in total. The summed E-state index contributed by atoms with van der Waals surface area (Å²) in [5.41, 5.74) is 1.54. The fraction of sp³-hybridized carbons (Fsp3) is 0.500. The quantitative estimate of drug-likeness (QED) is 0.829. The lowest BCUT2D eigenvalue weighted by molar-refractivity contribution is -0.122. The molecule has 3 heteroatoms. The zero-order valence-corrected chi connectivity index (χ0v) is 10.2. The van der Waals surface area contributed by atoms with Gasteiger partial charge in [0.05, 0.1) is 12.0 Å². The number of nitrogens with one attached hydrogen (secondary N) is 1. The smallest absolute Gasteiger partial charge is 0.224 e. The second-order valence-corrected chi connectivity index (χ2v) is 5.02. The summed E-state index contributed by atoms with van der Waals surface area (Å²) in [5, 5.41) is 12.7. The molecule has 0 atom stereocenters. The third-order valence-corrected chi connectivity index (χ3v) is 3.35. The van der Waals surface area contributed by atoms with E-state index in [-0.39, 0.29) is 5.91 Å². The van der Waals surface area contributed by atoms with Crippen LogP contribution in [-0.2, 0) is 11.2 Å². The van der Waals surface area contributed by atoms with Crippen LogP contribution in [0, 0.1) is 6.92 Å². The number of hydrogen-bond acceptors (Lipinski definition) is 2. The van der Waals surface area contributed by atoms with Crippen molar-refractivity contribution in [2.24, 2.45) is 0 Å². The highest BCUT2D eigenvalue weighted by Crippen LogP contribution is 2.30. The van der Waals surface area contributed by atoms with Crippen molar-refractivity contribution < 1.29 is 9.90 Å². The number of carbonyl (C=O) groups is 1. The molecule has 0 saturated heterocycles. The molecule has 0 spiro atoms. The highest BCUT2D eigenvalue weighted by atomic mass is 16.3. The molecule has 1 saturated carbocycles. The summed E-state index contributed by atoms with van der Waals surface area (Å²) in [4.78, 5) is 11.7. The maximum atomic E-state index is 11.7. The van der Waals surface area contributed by atoms with Gasteiger partial charge in [0.15, 0.2) is 0 Å². The molecule has 2 N–H and O–H groups in total. The van der Waals surface area contributed by atoms with E-state index >= 15 is 0 Å². The van der Waals surface area contributed by atoms with E-state index in [0.29, 0.717) is 13.0 Å². The molecule has 1 amide bonds. The Labute approximate surface area is 102 Å². The van der Waals surface area contributed by atoms with Gasteiger partial charge >= 0.3 is 0 Å². The SMILES string of the molecule is Cc1cccc(CC(=O)NCC2(O)CCC2)c1. The average Bonchev–Trinajstić information content (AvgIpc) is 2.24. The number of hydrogen-bond donors (Lipinski definition) is 2. The minimum Gasteiger partial charge on any atom is -0.388 e. The van der Waals surface area contributed by atoms with Crippen molar-refractivity contribution in [2.45, 2.75) is 38.2 Å². The van der Waals surface area contributed by atoms with Crippen LogP contribution in [0.15, 0.2) is 24.3 Å². The molecular formula is C14H19NO2. The number of aliphatic hydroxyl groups is 1. The summed E-state index contributed by atoms with van der Waals surface area (Å²) in [6.45, 7) is 2.40. The summed E-state index contributed by atoms with van der Waals surface area (Å²) >= 11 is 0. The van der Waals surface area contributed by atoms with Crippen LogP contribution in [0.5, 0.6) is 0 Å². The molecule has 0 radical (unpaired) electrons. The molecule has 0 aromatic heterocycles. The number of aryl methyl sites for hydroxylation is 1. The molecular weight excluding hydrogens is 214 g/mol. The largest absolute Gasteiger partial charge is 0.388 e. The van der Waals surface area contributed by atoms with Gasteiger partial charge in [0.25, 0.3) is 0 Å². The second kappa shape index (κ2) is 4.88. The highest BCUT2D eigenvalue weighted by Gasteiger charge is 2.34. The van der Waals surface area contributed by atoms with Crippen molar-refractivity contribution in [1.29, 1.82) is 0 Å². The van der Waals surface area contributed by atoms with E-state index in [2.05, 4.69) is 5.32 Å². The normalized spacial score (nSPS) is 17.3. The Bertz CT molecular complexity index is 410. The first kappa shape index (κ1) is 12.1. The average molecular weight is 233 g/mol. The van der Waals surface area contributed by atoms with Crippen LogP contribution in [0.25, 0.3) is 0 Å². The van der Waals surface area contributed by atoms with Crippen LogP contribution in [-0.4, -0.2) is 23.2 Å². The summed E-state index contributed by atoms with van der Waals surface area (Å²) < 4.78 is 0. The molecule has 2 rings (SSSR count). The van der Waals surface area contributed by atoms with Crippen LogP contribution in [0.3, 0.4) is 0 Å². The van der Waals surface area contributed by atoms with Gasteiger partial charge in [0.1, 0.15) is 0 Å². The Hall–Kier alpha value is -1.35. The Morgan fingerprint density at radius 2 is 2.24 bits per heavy atom. The first-order chi connectivity index (χ1) is 8.07. The Morgan fingerprint density at radius 1 is 1.47 bits per heavy atom. The van der Waals surface area contributed by atoms with Gasteiger partial charge in [-0.05, 0) is 31.7 Å². The Kier molecular flexibility index (Phi) is 3.48. The monoisotopic (exact) mass is 233 g/mol. The zero-order valence-electron chi connectivity index (χ0n) is 10.2. The Morgan fingerprint density at radius 3 is 2.82 bits per heavy atom. The van der Waals surface area contributed by atoms with Crippen LogP contribution in [0.1, 0.15) is 30.4 Å². The number of benzene rings is 1. The van der Waals surface area contributed by atoms with Gasteiger partial charge in [-0.2, -0.15) is 0 Å². The molecule has 0 bridgehead atoms. The number of rotatable bonds is 4. The number of amides is 1. The van der Waals surface area contributed by atoms with E-state index < -0.39 is 5.60 Å². The van der Waals surface area contributed by atoms with Gasteiger partial charge in [0, 0.05) is 6.54 Å². The lowest BCUT2D eigenvalue weighted by atomic mass is 9.80. The van der Waals surface area contributed by atoms with Crippen LogP contribution < -0.4 is 5.32 Å². The van der Waals surface area contributed by atoms with Crippen molar-refractivity contribution in [3.8, 4) is 0 Å². The van der Waals surface area contributed by atoms with Crippen molar-refractivity contribution in [2.75, 3.05) is 6.54 Å². The minimum atomic E-state index is -0.637. The van der Waals surface area contributed by atoms with E-state index in [9.17, 15) is 9.90 Å². The molecule has 17 heavy (non-hydrogen) atoms. The van der Waals surface area contributed by atoms with Crippen molar-refractivity contribution in [3.63, 3.8) is 0 Å². The third-order valence-electron chi connectivity index (χ3n) is 3.35. The first-order valence-corrected chi connectivity index (χ1v) is 6.12. The van der Waals surface area contributed by atoms with Gasteiger partial charge in [-0.15, -0.1) is 0 Å². The molecule has 1 aromatic carbocycles. The molecule has 92 valence electrons. The van der Waals surface area contributed by atoms with Gasteiger partial charge in [0.2, 0.25) is 5.91 Å². The summed E-state index contributed by atoms with van der Waals surface area (Å²) in [6, 6.07) is 7.93. The van der Waals surface area contributed by atoms with E-state index in [1.54, 1.807) is 0 Å². The molecule has 0 aliphatic heterocycles. The molecule has 1 fully saturated rings. The van der Waals surface area contributed by atoms with Gasteiger partial charge in [-0.25, -0.2) is 0 Å². The van der Waals surface area contributed by atoms with Crippen molar-refractivity contribution in [1.82, 2.24) is 5.32 Å². The van der Waals surface area contributed by atoms with Crippen LogP contribution in [0.2, 0.25) is 0 Å². The maximum Gasteiger partial charge on any atom is 0.224 e. The van der Waals surface area contributed by atoms with Gasteiger partial charge in [-0.3, -0.25) is 4.79 Å². The van der Waals surface area contributed by atoms with Crippen molar-refractivity contribution in [3.05, 3.63) is 35.4 Å². The number of carbonyl (C=O) groups excluding carboxylic acids is 1. The first-order valence-electron chi connectivity index (χ1n) is 6.12. The lowest BCUT2D eigenvalue weighted by Crippen LogP contribution is -2.48. The second-order valence-electron chi connectivity index (χ2n) is 5.02. The summed E-state index contributed by atoms with van der Waals surface area (Å²) in [5.74, 6) is -0.0177. The lowest BCUT2D eigenvalue weighted by Gasteiger charge is -2.36. The summed E-state index contributed by atoms with van der Waals surface area (Å²) in [6.07, 6.45) is 3.05. The van der Waals surface area contributed by atoms with Gasteiger partial charge < -0.3 is 10.4 Å². The topological polar surface area (TPSA) is 49.3 Å². The third kappa shape index (κ3) is 3.30. The minimum absolute atomic E-state index is 0.0177. The molecule has 1 aliphatic rings. The predicted octanol–water partition coefficient (Wildman–Crippen LogP) is 1.57. The standard InChI is InChI=1S/C14H19NO2/c1-11-4-2-5-12(8-11)9-13(16)15-10-14(17)6-3-7-14/h2,4-5,8,17H,3,6-7,9-10H2,1H3,(H,15,16). The van der Waals surface area contributed by atoms with E-state index in [4.69, 9.17) is 0 Å². The highest BCUT2D eigenvalue weighted by molar-refractivity contribution is 5.78. The van der Waals surface area contributed by atoms with Gasteiger partial charge in [-0.1, -0.05) is 29.8 Å².